The molecule has 0 saturated carbocycles. The molecule has 2 aromatic carbocycles. The van der Waals surface area contributed by atoms with E-state index in [1.165, 1.54) is 0 Å². The third-order valence-corrected chi connectivity index (χ3v) is 5.38. The highest BCUT2D eigenvalue weighted by atomic mass is 16.5. The molecule has 154 valence electrons. The Morgan fingerprint density at radius 2 is 1.90 bits per heavy atom. The van der Waals surface area contributed by atoms with Crippen LogP contribution in [0.1, 0.15) is 17.3 Å². The van der Waals surface area contributed by atoms with E-state index in [1.54, 1.807) is 7.11 Å². The van der Waals surface area contributed by atoms with E-state index >= 15 is 0 Å². The molecule has 4 rings (SSSR count). The standard InChI is InChI=1S/C24H27N5O/c1-17-22-13-19(8-9-24(22)28-27-17)20-12-21(15-26-14-20)29(10-11-30-2)16-23(25)18-6-4-3-5-7-18/h3-9,12-15,23H,10-11,16,25H2,1-2H3,(H,27,28)/t23-/m0/s1. The summed E-state index contributed by atoms with van der Waals surface area (Å²) in [6.07, 6.45) is 3.78. The maximum atomic E-state index is 6.51. The van der Waals surface area contributed by atoms with Crippen molar-refractivity contribution < 1.29 is 4.74 Å². The van der Waals surface area contributed by atoms with E-state index in [-0.39, 0.29) is 6.04 Å². The number of H-pyrrole nitrogens is 1. The number of hydrogen-bond acceptors (Lipinski definition) is 5. The molecule has 6 nitrogen and oxygen atoms in total. The number of nitrogens with zero attached hydrogens (tertiary/aromatic N) is 3. The van der Waals surface area contributed by atoms with Gasteiger partial charge in [-0.3, -0.25) is 10.1 Å². The Balaban J connectivity index is 1.63. The number of fused-ring (bicyclic) bond motifs is 1. The van der Waals surface area contributed by atoms with E-state index in [0.29, 0.717) is 13.2 Å². The Labute approximate surface area is 176 Å². The average Bonchev–Trinajstić information content (AvgIpc) is 3.17. The molecule has 0 aliphatic heterocycles. The summed E-state index contributed by atoms with van der Waals surface area (Å²) in [5.41, 5.74) is 12.9. The van der Waals surface area contributed by atoms with E-state index in [0.717, 1.165) is 45.5 Å². The van der Waals surface area contributed by atoms with Crippen LogP contribution in [0, 0.1) is 6.92 Å². The molecule has 0 aliphatic carbocycles. The van der Waals surface area contributed by atoms with Crippen LogP contribution in [0.5, 0.6) is 0 Å². The van der Waals surface area contributed by atoms with Gasteiger partial charge in [-0.1, -0.05) is 36.4 Å². The lowest BCUT2D eigenvalue weighted by atomic mass is 10.0. The van der Waals surface area contributed by atoms with Crippen molar-refractivity contribution in [1.29, 1.82) is 0 Å². The third-order valence-electron chi connectivity index (χ3n) is 5.38. The number of pyridine rings is 1. The normalized spacial score (nSPS) is 12.2. The van der Waals surface area contributed by atoms with Crippen molar-refractivity contribution in [1.82, 2.24) is 15.2 Å². The van der Waals surface area contributed by atoms with Crippen LogP contribution in [0.3, 0.4) is 0 Å². The molecule has 30 heavy (non-hydrogen) atoms. The fourth-order valence-electron chi connectivity index (χ4n) is 3.65. The first-order valence-corrected chi connectivity index (χ1v) is 10.1. The van der Waals surface area contributed by atoms with Gasteiger partial charge in [0.15, 0.2) is 0 Å². The predicted molar refractivity (Wildman–Crippen MR) is 122 cm³/mol. The van der Waals surface area contributed by atoms with E-state index in [9.17, 15) is 0 Å². The van der Waals surface area contributed by atoms with Crippen molar-refractivity contribution in [3.8, 4) is 11.1 Å². The maximum Gasteiger partial charge on any atom is 0.0924 e. The third kappa shape index (κ3) is 4.35. The lowest BCUT2D eigenvalue weighted by molar-refractivity contribution is 0.205. The van der Waals surface area contributed by atoms with Gasteiger partial charge in [0.2, 0.25) is 0 Å². The second-order valence-corrected chi connectivity index (χ2v) is 7.47. The zero-order valence-corrected chi connectivity index (χ0v) is 17.4. The van der Waals surface area contributed by atoms with Gasteiger partial charge in [0.1, 0.15) is 0 Å². The number of ether oxygens (including phenoxy) is 1. The molecule has 0 fully saturated rings. The number of aromatic nitrogens is 3. The van der Waals surface area contributed by atoms with Crippen LogP contribution in [0.2, 0.25) is 0 Å². The van der Waals surface area contributed by atoms with Crippen LogP contribution in [0.15, 0.2) is 67.0 Å². The number of nitrogens with one attached hydrogen (secondary N) is 1. The molecular formula is C24H27N5O. The largest absolute Gasteiger partial charge is 0.383 e. The average molecular weight is 402 g/mol. The molecule has 0 spiro atoms. The minimum Gasteiger partial charge on any atom is -0.383 e. The van der Waals surface area contributed by atoms with Crippen molar-refractivity contribution in [2.45, 2.75) is 13.0 Å². The topological polar surface area (TPSA) is 80.1 Å². The summed E-state index contributed by atoms with van der Waals surface area (Å²) < 4.78 is 5.34. The zero-order chi connectivity index (χ0) is 20.9. The molecule has 2 aromatic heterocycles. The second kappa shape index (κ2) is 9.07. The first kappa shape index (κ1) is 20.1. The van der Waals surface area contributed by atoms with E-state index in [1.807, 2.05) is 43.6 Å². The Kier molecular flexibility index (Phi) is 6.07. The van der Waals surface area contributed by atoms with Gasteiger partial charge in [-0.15, -0.1) is 0 Å². The highest BCUT2D eigenvalue weighted by Gasteiger charge is 2.15. The molecule has 6 heteroatoms. The second-order valence-electron chi connectivity index (χ2n) is 7.47. The lowest BCUT2D eigenvalue weighted by Crippen LogP contribution is -2.34. The summed E-state index contributed by atoms with van der Waals surface area (Å²) in [7, 11) is 1.71. The van der Waals surface area contributed by atoms with Crippen LogP contribution in [-0.2, 0) is 4.74 Å². The van der Waals surface area contributed by atoms with Crippen LogP contribution >= 0.6 is 0 Å². The molecule has 3 N–H and O–H groups in total. The number of aromatic amines is 1. The van der Waals surface area contributed by atoms with Crippen LogP contribution < -0.4 is 10.6 Å². The van der Waals surface area contributed by atoms with Crippen molar-refractivity contribution in [3.63, 3.8) is 0 Å². The Morgan fingerprint density at radius 3 is 2.70 bits per heavy atom. The van der Waals surface area contributed by atoms with Crippen molar-refractivity contribution in [2.75, 3.05) is 31.7 Å². The number of nitrogens with two attached hydrogens (primary N) is 1. The van der Waals surface area contributed by atoms with Gasteiger partial charge in [-0.25, -0.2) is 0 Å². The van der Waals surface area contributed by atoms with Gasteiger partial charge >= 0.3 is 0 Å². The van der Waals surface area contributed by atoms with Gasteiger partial charge < -0.3 is 15.4 Å². The summed E-state index contributed by atoms with van der Waals surface area (Å²) in [6.45, 7) is 4.07. The van der Waals surface area contributed by atoms with E-state index in [4.69, 9.17) is 10.5 Å². The molecule has 0 saturated heterocycles. The van der Waals surface area contributed by atoms with Gasteiger partial charge in [0, 0.05) is 49.1 Å². The molecule has 2 heterocycles. The number of rotatable bonds is 8. The molecule has 0 bridgehead atoms. The first-order chi connectivity index (χ1) is 14.7. The van der Waals surface area contributed by atoms with Gasteiger partial charge in [-0.05, 0) is 36.2 Å². The predicted octanol–water partition coefficient (Wildman–Crippen LogP) is 4.09. The number of methoxy groups -OCH3 is 1. The molecule has 1 atom stereocenters. The highest BCUT2D eigenvalue weighted by molar-refractivity contribution is 5.86. The number of benzene rings is 2. The number of aryl methyl sites for hydroxylation is 1. The fourth-order valence-corrected chi connectivity index (χ4v) is 3.65. The number of hydrogen-bond donors (Lipinski definition) is 2. The van der Waals surface area contributed by atoms with Gasteiger partial charge in [-0.2, -0.15) is 5.10 Å². The maximum absolute atomic E-state index is 6.51. The lowest BCUT2D eigenvalue weighted by Gasteiger charge is -2.28. The Morgan fingerprint density at radius 1 is 1.07 bits per heavy atom. The van der Waals surface area contributed by atoms with Crippen molar-refractivity contribution >= 4 is 16.6 Å². The fraction of sp³-hybridized carbons (Fsp3) is 0.250. The Hall–Kier alpha value is -3.22. The van der Waals surface area contributed by atoms with Gasteiger partial charge in [0.05, 0.1) is 24.0 Å². The smallest absolute Gasteiger partial charge is 0.0924 e. The minimum atomic E-state index is -0.100. The summed E-state index contributed by atoms with van der Waals surface area (Å²) >= 11 is 0. The molecule has 0 aliphatic rings. The van der Waals surface area contributed by atoms with E-state index in [2.05, 4.69) is 50.4 Å². The first-order valence-electron chi connectivity index (χ1n) is 10.1. The monoisotopic (exact) mass is 401 g/mol. The molecule has 0 amide bonds. The molecule has 0 unspecified atom stereocenters. The summed E-state index contributed by atoms with van der Waals surface area (Å²) in [6, 6.07) is 18.5. The number of anilines is 1. The van der Waals surface area contributed by atoms with E-state index < -0.39 is 0 Å². The molecule has 0 radical (unpaired) electrons. The van der Waals surface area contributed by atoms with Crippen LogP contribution in [0.4, 0.5) is 5.69 Å². The SMILES string of the molecule is COCCN(C[C@H](N)c1ccccc1)c1cncc(-c2ccc3n[nH]c(C)c3c2)c1. The summed E-state index contributed by atoms with van der Waals surface area (Å²) in [5.74, 6) is 0. The van der Waals surface area contributed by atoms with Crippen molar-refractivity contribution in [2.24, 2.45) is 5.73 Å². The Bertz CT molecular complexity index is 1110. The molecule has 4 aromatic rings. The zero-order valence-electron chi connectivity index (χ0n) is 17.4. The van der Waals surface area contributed by atoms with Gasteiger partial charge in [0.25, 0.3) is 0 Å². The van der Waals surface area contributed by atoms with Crippen LogP contribution in [-0.4, -0.2) is 42.0 Å². The quantitative estimate of drug-likeness (QED) is 0.465. The summed E-state index contributed by atoms with van der Waals surface area (Å²) in [4.78, 5) is 6.75. The minimum absolute atomic E-state index is 0.100. The highest BCUT2D eigenvalue weighted by Crippen LogP contribution is 2.28. The molecular weight excluding hydrogens is 374 g/mol. The summed E-state index contributed by atoms with van der Waals surface area (Å²) in [5, 5.41) is 8.49. The van der Waals surface area contributed by atoms with Crippen molar-refractivity contribution in [3.05, 3.63) is 78.2 Å². The van der Waals surface area contributed by atoms with Crippen LogP contribution in [0.25, 0.3) is 22.0 Å².